The van der Waals surface area contributed by atoms with Gasteiger partial charge in [0.1, 0.15) is 23.5 Å². The monoisotopic (exact) mass is 470 g/mol. The Balaban J connectivity index is 1.72. The van der Waals surface area contributed by atoms with Crippen molar-refractivity contribution in [1.82, 2.24) is 14.7 Å². The molecule has 1 N–H and O–H groups in total. The maximum atomic E-state index is 13.8. The van der Waals surface area contributed by atoms with Crippen molar-refractivity contribution in [1.29, 1.82) is 5.26 Å². The summed E-state index contributed by atoms with van der Waals surface area (Å²) >= 11 is 0. The minimum absolute atomic E-state index is 0.0530. The average Bonchev–Trinajstić information content (AvgIpc) is 3.32. The number of carbonyl (C=O) groups excluding carboxylic acids is 2. The number of carbonyl (C=O) groups is 2. The minimum Gasteiger partial charge on any atom is -0.464 e. The molecule has 0 spiro atoms. The number of hydrogen-bond donors (Lipinski definition) is 1. The van der Waals surface area contributed by atoms with E-state index in [0.717, 1.165) is 16.5 Å². The number of imidazole rings is 1. The summed E-state index contributed by atoms with van der Waals surface area (Å²) in [6, 6.07) is 3.12. The number of esters is 1. The number of cyclic esters (lactones) is 1. The highest BCUT2D eigenvalue weighted by Crippen LogP contribution is 2.40. The second-order valence-corrected chi connectivity index (χ2v) is 8.33. The van der Waals surface area contributed by atoms with Gasteiger partial charge in [0.05, 0.1) is 12.3 Å². The van der Waals surface area contributed by atoms with Crippen LogP contribution in [0.1, 0.15) is 59.5 Å². The van der Waals surface area contributed by atoms with Crippen LogP contribution >= 0.6 is 0 Å². The van der Waals surface area contributed by atoms with Crippen molar-refractivity contribution < 1.29 is 36.3 Å². The van der Waals surface area contributed by atoms with Crippen LogP contribution in [-0.2, 0) is 22.1 Å². The molecule has 2 aliphatic rings. The van der Waals surface area contributed by atoms with Crippen LogP contribution in [0.15, 0.2) is 12.1 Å². The van der Waals surface area contributed by atoms with Crippen molar-refractivity contribution in [2.75, 3.05) is 6.61 Å². The molecule has 0 radical (unpaired) electrons. The number of nitrogens with zero attached hydrogens (tertiary/aromatic N) is 3. The summed E-state index contributed by atoms with van der Waals surface area (Å²) in [4.78, 5) is 27.8. The molecule has 33 heavy (non-hydrogen) atoms. The van der Waals surface area contributed by atoms with Gasteiger partial charge in [-0.3, -0.25) is 9.20 Å². The van der Waals surface area contributed by atoms with E-state index in [4.69, 9.17) is 4.74 Å². The van der Waals surface area contributed by atoms with Crippen molar-refractivity contribution in [2.24, 2.45) is 5.92 Å². The van der Waals surface area contributed by atoms with Crippen molar-refractivity contribution in [3.05, 3.63) is 34.8 Å². The molecule has 3 heterocycles. The molecular weight excluding hydrogens is 451 g/mol. The molecule has 2 aromatic heterocycles. The van der Waals surface area contributed by atoms with Gasteiger partial charge in [0.25, 0.3) is 5.91 Å². The molecule has 1 aliphatic carbocycles. The van der Waals surface area contributed by atoms with Crippen LogP contribution in [0.2, 0.25) is 0 Å². The normalized spacial score (nSPS) is 21.1. The quantitative estimate of drug-likeness (QED) is 0.544. The zero-order valence-corrected chi connectivity index (χ0v) is 17.2. The fourth-order valence-corrected chi connectivity index (χ4v) is 4.31. The van der Waals surface area contributed by atoms with E-state index in [1.807, 2.05) is 0 Å². The van der Waals surface area contributed by atoms with Gasteiger partial charge in [0.2, 0.25) is 5.92 Å². The average molecular weight is 470 g/mol. The first-order valence-corrected chi connectivity index (χ1v) is 10.4. The van der Waals surface area contributed by atoms with Gasteiger partial charge in [-0.1, -0.05) is 0 Å². The molecule has 1 atom stereocenters. The number of halogens is 5. The van der Waals surface area contributed by atoms with Crippen molar-refractivity contribution >= 4 is 17.5 Å². The number of nitriles is 1. The van der Waals surface area contributed by atoms with Gasteiger partial charge >= 0.3 is 12.1 Å². The third kappa shape index (κ3) is 4.62. The lowest BCUT2D eigenvalue weighted by Crippen LogP contribution is -2.38. The van der Waals surface area contributed by atoms with Gasteiger partial charge < -0.3 is 10.1 Å². The molecule has 4 rings (SSSR count). The molecule has 2 aromatic rings. The van der Waals surface area contributed by atoms with Gasteiger partial charge in [-0.05, 0) is 37.3 Å². The predicted octanol–water partition coefficient (Wildman–Crippen LogP) is 3.64. The number of rotatable bonds is 4. The number of ether oxygens (including phenoxy) is 1. The zero-order valence-electron chi connectivity index (χ0n) is 17.2. The summed E-state index contributed by atoms with van der Waals surface area (Å²) < 4.78 is 74.0. The van der Waals surface area contributed by atoms with E-state index in [-0.39, 0.29) is 54.9 Å². The van der Waals surface area contributed by atoms with Crippen molar-refractivity contribution in [3.63, 3.8) is 0 Å². The predicted molar refractivity (Wildman–Crippen MR) is 102 cm³/mol. The van der Waals surface area contributed by atoms with E-state index in [1.54, 1.807) is 6.07 Å². The van der Waals surface area contributed by atoms with E-state index in [9.17, 15) is 36.8 Å². The fraction of sp³-hybridized carbons (Fsp3) is 0.524. The summed E-state index contributed by atoms with van der Waals surface area (Å²) in [5, 5.41) is 12.0. The number of alkyl halides is 5. The second-order valence-electron chi connectivity index (χ2n) is 8.33. The van der Waals surface area contributed by atoms with Crippen molar-refractivity contribution in [2.45, 2.75) is 56.7 Å². The number of fused-ring (bicyclic) bond motifs is 1. The first-order chi connectivity index (χ1) is 15.5. The summed E-state index contributed by atoms with van der Waals surface area (Å²) in [6.45, 7) is 0.137. The highest BCUT2D eigenvalue weighted by molar-refractivity contribution is 5.98. The molecule has 1 amide bonds. The van der Waals surface area contributed by atoms with Crippen LogP contribution < -0.4 is 5.32 Å². The van der Waals surface area contributed by atoms with E-state index >= 15 is 0 Å². The highest BCUT2D eigenvalue weighted by atomic mass is 19.4. The summed E-state index contributed by atoms with van der Waals surface area (Å²) in [7, 11) is 0. The number of aromatic nitrogens is 2. The second kappa shape index (κ2) is 8.28. The summed E-state index contributed by atoms with van der Waals surface area (Å²) in [5.41, 5.74) is -2.17. The maximum absolute atomic E-state index is 13.8. The van der Waals surface area contributed by atoms with E-state index in [2.05, 4.69) is 10.3 Å². The maximum Gasteiger partial charge on any atom is 0.435 e. The van der Waals surface area contributed by atoms with Crippen LogP contribution in [0.5, 0.6) is 0 Å². The molecule has 176 valence electrons. The van der Waals surface area contributed by atoms with Gasteiger partial charge in [-0.25, -0.2) is 18.6 Å². The highest BCUT2D eigenvalue weighted by Gasteiger charge is 2.41. The minimum atomic E-state index is -4.84. The number of hydrogen-bond acceptors (Lipinski definition) is 5. The zero-order chi connectivity index (χ0) is 24.0. The molecule has 1 saturated heterocycles. The number of amides is 1. The van der Waals surface area contributed by atoms with E-state index < -0.39 is 54.5 Å². The Morgan fingerprint density at radius 3 is 2.55 bits per heavy atom. The molecule has 0 aromatic carbocycles. The first-order valence-electron chi connectivity index (χ1n) is 10.4. The van der Waals surface area contributed by atoms with Crippen LogP contribution in [0.25, 0.3) is 5.65 Å². The Hall–Kier alpha value is -3.23. The van der Waals surface area contributed by atoms with Crippen LogP contribution in [0, 0.1) is 17.2 Å². The Morgan fingerprint density at radius 1 is 1.27 bits per heavy atom. The van der Waals surface area contributed by atoms with Crippen molar-refractivity contribution in [3.8, 4) is 6.07 Å². The molecule has 1 saturated carbocycles. The smallest absolute Gasteiger partial charge is 0.435 e. The Bertz CT molecular complexity index is 1140. The largest absolute Gasteiger partial charge is 0.464 e. The number of nitrogens with one attached hydrogen (secondary N) is 1. The molecule has 0 bridgehead atoms. The lowest BCUT2D eigenvalue weighted by Gasteiger charge is -2.28. The lowest BCUT2D eigenvalue weighted by molar-refractivity contribution is -0.141. The third-order valence-corrected chi connectivity index (χ3v) is 6.02. The van der Waals surface area contributed by atoms with Gasteiger partial charge in [-0.2, -0.15) is 18.4 Å². The Morgan fingerprint density at radius 2 is 1.97 bits per heavy atom. The van der Waals surface area contributed by atoms with Gasteiger partial charge in [0, 0.05) is 24.8 Å². The standard InChI is InChI=1S/C21H19F5N4O3/c22-20(23)4-1-11(2-5-20)7-15-17(21(24,25)26)29-16-9-12(8-13(10-27)30(15)16)18(31)28-14-3-6-33-19(14)32/h8-9,11,14H,1-7H2,(H,28,31). The number of pyridine rings is 1. The van der Waals surface area contributed by atoms with Crippen LogP contribution in [-0.4, -0.2) is 39.8 Å². The van der Waals surface area contributed by atoms with Crippen LogP contribution in [0.3, 0.4) is 0 Å². The molecule has 1 unspecified atom stereocenters. The van der Waals surface area contributed by atoms with Gasteiger partial charge in [-0.15, -0.1) is 0 Å². The molecule has 7 nitrogen and oxygen atoms in total. The Labute approximate surface area is 184 Å². The molecule has 1 aliphatic heterocycles. The summed E-state index contributed by atoms with van der Waals surface area (Å²) in [6.07, 6.45) is -5.48. The molecular formula is C21H19F5N4O3. The molecule has 2 fully saturated rings. The fourth-order valence-electron chi connectivity index (χ4n) is 4.31. The third-order valence-electron chi connectivity index (χ3n) is 6.02. The van der Waals surface area contributed by atoms with Gasteiger partial charge in [0.15, 0.2) is 5.69 Å². The molecule has 12 heteroatoms. The topological polar surface area (TPSA) is 96.5 Å². The van der Waals surface area contributed by atoms with Crippen LogP contribution in [0.4, 0.5) is 22.0 Å². The Kier molecular flexibility index (Phi) is 5.76. The van der Waals surface area contributed by atoms with E-state index in [0.29, 0.717) is 0 Å². The first kappa shape index (κ1) is 22.9. The van der Waals surface area contributed by atoms with E-state index in [1.165, 1.54) is 0 Å². The SMILES string of the molecule is N#Cc1cc(C(=O)NC2CCOC2=O)cc2nc(C(F)(F)F)c(CC3CCC(F)(F)CC3)n12. The summed E-state index contributed by atoms with van der Waals surface area (Å²) in [5.74, 6) is -4.63. The lowest BCUT2D eigenvalue weighted by atomic mass is 9.83.